The topological polar surface area (TPSA) is 9.23 Å². The normalized spacial score (nSPS) is 10.6. The maximum atomic E-state index is 4.93. The molecule has 0 aromatic heterocycles. The van der Waals surface area contributed by atoms with Crippen LogP contribution in [0.1, 0.15) is 6.92 Å². The number of hydrogen-bond acceptors (Lipinski definition) is 1. The zero-order valence-electron chi connectivity index (χ0n) is 5.03. The molecule has 7 heavy (non-hydrogen) atoms. The molecule has 0 atom stereocenters. The van der Waals surface area contributed by atoms with Gasteiger partial charge in [0, 0.05) is 7.11 Å². The van der Waals surface area contributed by atoms with Gasteiger partial charge in [-0.1, -0.05) is 5.57 Å². The molecular formula is C5H12OSi. The van der Waals surface area contributed by atoms with E-state index in [2.05, 4.69) is 6.58 Å². The smallest absolute Gasteiger partial charge is 0.164 e. The van der Waals surface area contributed by atoms with E-state index in [1.165, 1.54) is 5.57 Å². The molecule has 0 fully saturated rings. The van der Waals surface area contributed by atoms with E-state index < -0.39 is 0 Å². The van der Waals surface area contributed by atoms with Gasteiger partial charge in [-0.15, -0.1) is 6.58 Å². The van der Waals surface area contributed by atoms with Crippen LogP contribution in [0.2, 0.25) is 6.04 Å². The van der Waals surface area contributed by atoms with Crippen molar-refractivity contribution in [1.29, 1.82) is 0 Å². The minimum absolute atomic E-state index is 0.225. The Morgan fingerprint density at radius 1 is 1.86 bits per heavy atom. The molecule has 1 nitrogen and oxygen atoms in total. The van der Waals surface area contributed by atoms with Gasteiger partial charge in [-0.3, -0.25) is 0 Å². The maximum absolute atomic E-state index is 4.93. The lowest BCUT2D eigenvalue weighted by molar-refractivity contribution is 0.443. The quantitative estimate of drug-likeness (QED) is 0.390. The summed E-state index contributed by atoms with van der Waals surface area (Å²) < 4.78 is 4.93. The van der Waals surface area contributed by atoms with Gasteiger partial charge in [-0.05, 0) is 13.0 Å². The van der Waals surface area contributed by atoms with Crippen LogP contribution in [-0.2, 0) is 4.43 Å². The van der Waals surface area contributed by atoms with Crippen LogP contribution in [0, 0.1) is 0 Å². The number of rotatable bonds is 3. The lowest BCUT2D eigenvalue weighted by atomic mass is 10.4. The van der Waals surface area contributed by atoms with Crippen LogP contribution in [0.4, 0.5) is 0 Å². The van der Waals surface area contributed by atoms with E-state index >= 15 is 0 Å². The molecule has 0 aliphatic carbocycles. The maximum Gasteiger partial charge on any atom is 0.164 e. The van der Waals surface area contributed by atoms with Gasteiger partial charge in [0.15, 0.2) is 9.76 Å². The van der Waals surface area contributed by atoms with Crippen molar-refractivity contribution in [2.24, 2.45) is 0 Å². The minimum Gasteiger partial charge on any atom is -0.427 e. The molecule has 0 aliphatic rings. The van der Waals surface area contributed by atoms with Gasteiger partial charge in [0.25, 0.3) is 0 Å². The van der Waals surface area contributed by atoms with E-state index in [9.17, 15) is 0 Å². The van der Waals surface area contributed by atoms with Gasteiger partial charge in [0.2, 0.25) is 0 Å². The standard InChI is InChI=1S/C5H12OSi/c1-5(2)4-7-6-3/h1,4,7H2,2-3H3. The molecule has 0 N–H and O–H groups in total. The molecule has 0 radical (unpaired) electrons. The predicted molar refractivity (Wildman–Crippen MR) is 35.2 cm³/mol. The second kappa shape index (κ2) is 4.09. The van der Waals surface area contributed by atoms with Crippen molar-refractivity contribution in [2.75, 3.05) is 7.11 Å². The Morgan fingerprint density at radius 2 is 2.43 bits per heavy atom. The third kappa shape index (κ3) is 5.92. The van der Waals surface area contributed by atoms with Crippen LogP contribution < -0.4 is 0 Å². The molecular weight excluding hydrogens is 104 g/mol. The number of allylic oxidation sites excluding steroid dienone is 1. The molecule has 0 aliphatic heterocycles. The van der Waals surface area contributed by atoms with E-state index in [-0.39, 0.29) is 9.76 Å². The highest BCUT2D eigenvalue weighted by atomic mass is 28.2. The first-order valence-corrected chi connectivity index (χ1v) is 3.98. The fourth-order valence-corrected chi connectivity index (χ4v) is 0.829. The van der Waals surface area contributed by atoms with Crippen molar-refractivity contribution in [3.05, 3.63) is 12.2 Å². The summed E-state index contributed by atoms with van der Waals surface area (Å²) in [7, 11) is 1.53. The van der Waals surface area contributed by atoms with E-state index in [1.807, 2.05) is 6.92 Å². The van der Waals surface area contributed by atoms with Gasteiger partial charge in [0.1, 0.15) is 0 Å². The summed E-state index contributed by atoms with van der Waals surface area (Å²) in [6.07, 6.45) is 0. The zero-order valence-corrected chi connectivity index (χ0v) is 6.44. The Bertz CT molecular complexity index is 61.1. The summed E-state index contributed by atoms with van der Waals surface area (Å²) in [6, 6.07) is 1.12. The van der Waals surface area contributed by atoms with Crippen LogP contribution in [0.3, 0.4) is 0 Å². The largest absolute Gasteiger partial charge is 0.427 e. The van der Waals surface area contributed by atoms with Crippen molar-refractivity contribution in [1.82, 2.24) is 0 Å². The molecule has 2 heteroatoms. The second-order valence-electron chi connectivity index (χ2n) is 1.70. The SMILES string of the molecule is C=C(C)C[SiH2]OC. The average Bonchev–Trinajstić information content (AvgIpc) is 1.61. The molecule has 0 saturated carbocycles. The van der Waals surface area contributed by atoms with Crippen molar-refractivity contribution in [3.63, 3.8) is 0 Å². The van der Waals surface area contributed by atoms with E-state index in [4.69, 9.17) is 4.43 Å². The first kappa shape index (κ1) is 6.92. The molecule has 0 spiro atoms. The molecule has 42 valence electrons. The van der Waals surface area contributed by atoms with Crippen molar-refractivity contribution in [3.8, 4) is 0 Å². The molecule has 0 heterocycles. The highest BCUT2D eigenvalue weighted by Crippen LogP contribution is 1.92. The van der Waals surface area contributed by atoms with Crippen molar-refractivity contribution < 1.29 is 4.43 Å². The fourth-order valence-electron chi connectivity index (χ4n) is 0.276. The predicted octanol–water partition coefficient (Wildman–Crippen LogP) is 0.711. The molecule has 0 aromatic carbocycles. The van der Waals surface area contributed by atoms with E-state index in [0.717, 1.165) is 6.04 Å². The van der Waals surface area contributed by atoms with Crippen LogP contribution >= 0.6 is 0 Å². The summed E-state index contributed by atoms with van der Waals surface area (Å²) in [5.41, 5.74) is 1.24. The summed E-state index contributed by atoms with van der Waals surface area (Å²) >= 11 is 0. The van der Waals surface area contributed by atoms with Crippen LogP contribution in [-0.4, -0.2) is 16.9 Å². The van der Waals surface area contributed by atoms with Crippen LogP contribution in [0.25, 0.3) is 0 Å². The van der Waals surface area contributed by atoms with E-state index in [0.29, 0.717) is 0 Å². The Hall–Kier alpha value is -0.0831. The minimum atomic E-state index is -0.225. The van der Waals surface area contributed by atoms with Gasteiger partial charge in [-0.2, -0.15) is 0 Å². The zero-order chi connectivity index (χ0) is 5.70. The Kier molecular flexibility index (Phi) is 4.04. The highest BCUT2D eigenvalue weighted by Gasteiger charge is 1.82. The Labute approximate surface area is 47.3 Å². The molecule has 0 saturated heterocycles. The molecule has 0 bridgehead atoms. The third-order valence-corrected chi connectivity index (χ3v) is 2.20. The summed E-state index contributed by atoms with van der Waals surface area (Å²) in [5, 5.41) is 0. The first-order valence-electron chi connectivity index (χ1n) is 2.40. The highest BCUT2D eigenvalue weighted by molar-refractivity contribution is 6.28. The first-order chi connectivity index (χ1) is 3.27. The lowest BCUT2D eigenvalue weighted by Gasteiger charge is -1.92. The Balaban J connectivity index is 2.82. The third-order valence-electron chi connectivity index (χ3n) is 0.733. The van der Waals surface area contributed by atoms with E-state index in [1.54, 1.807) is 7.11 Å². The monoisotopic (exact) mass is 116 g/mol. The fraction of sp³-hybridized carbons (Fsp3) is 0.600. The van der Waals surface area contributed by atoms with Crippen molar-refractivity contribution >= 4 is 9.76 Å². The van der Waals surface area contributed by atoms with Crippen LogP contribution in [0.15, 0.2) is 12.2 Å². The van der Waals surface area contributed by atoms with Gasteiger partial charge in [-0.25, -0.2) is 0 Å². The molecule has 0 aromatic rings. The molecule has 0 rings (SSSR count). The van der Waals surface area contributed by atoms with Gasteiger partial charge >= 0.3 is 0 Å². The van der Waals surface area contributed by atoms with Crippen LogP contribution in [0.5, 0.6) is 0 Å². The molecule has 0 amide bonds. The summed E-state index contributed by atoms with van der Waals surface area (Å²) in [4.78, 5) is 0. The Morgan fingerprint density at radius 3 is 2.57 bits per heavy atom. The summed E-state index contributed by atoms with van der Waals surface area (Å²) in [5.74, 6) is 0. The van der Waals surface area contributed by atoms with Gasteiger partial charge in [0.05, 0.1) is 0 Å². The van der Waals surface area contributed by atoms with Gasteiger partial charge < -0.3 is 4.43 Å². The second-order valence-corrected chi connectivity index (χ2v) is 3.19. The number of hydrogen-bond donors (Lipinski definition) is 0. The van der Waals surface area contributed by atoms with Crippen molar-refractivity contribution in [2.45, 2.75) is 13.0 Å². The summed E-state index contributed by atoms with van der Waals surface area (Å²) in [6.45, 7) is 5.78. The molecule has 0 unspecified atom stereocenters. The average molecular weight is 116 g/mol. The lowest BCUT2D eigenvalue weighted by Crippen LogP contribution is -1.91.